The van der Waals surface area contributed by atoms with E-state index in [4.69, 9.17) is 16.3 Å². The van der Waals surface area contributed by atoms with E-state index < -0.39 is 6.04 Å². The predicted molar refractivity (Wildman–Crippen MR) is 46.4 cm³/mol. The molecule has 0 unspecified atom stereocenters. The number of carbonyl (C=O) groups is 1. The first-order valence-corrected chi connectivity index (χ1v) is 4.26. The number of nitrogens with zero attached hydrogens (tertiary/aromatic N) is 3. The fraction of sp³-hybridized carbons (Fsp3) is 0.571. The highest BCUT2D eigenvalue weighted by atomic mass is 35.5. The van der Waals surface area contributed by atoms with Crippen LogP contribution >= 0.6 is 11.6 Å². The SMILES string of the molecule is CCOC(=O)[C@H](C)n1cnc(Cl)n1. The predicted octanol–water partition coefficient (Wildman–Crippen LogP) is 1.06. The second kappa shape index (κ2) is 4.23. The molecule has 0 aliphatic heterocycles. The highest BCUT2D eigenvalue weighted by molar-refractivity contribution is 6.28. The minimum atomic E-state index is -0.486. The van der Waals surface area contributed by atoms with E-state index in [-0.39, 0.29) is 11.3 Å². The van der Waals surface area contributed by atoms with Crippen LogP contribution in [0.25, 0.3) is 0 Å². The van der Waals surface area contributed by atoms with Gasteiger partial charge in [-0.05, 0) is 25.4 Å². The van der Waals surface area contributed by atoms with E-state index in [2.05, 4.69) is 10.1 Å². The molecule has 0 aliphatic rings. The van der Waals surface area contributed by atoms with Crippen LogP contribution in [0.15, 0.2) is 6.33 Å². The number of ether oxygens (including phenoxy) is 1. The molecule has 1 aromatic heterocycles. The van der Waals surface area contributed by atoms with E-state index in [1.165, 1.54) is 11.0 Å². The van der Waals surface area contributed by atoms with Crippen molar-refractivity contribution in [1.29, 1.82) is 0 Å². The highest BCUT2D eigenvalue weighted by Crippen LogP contribution is 2.07. The molecule has 0 radical (unpaired) electrons. The molecule has 0 N–H and O–H groups in total. The van der Waals surface area contributed by atoms with Gasteiger partial charge in [0.1, 0.15) is 12.4 Å². The Morgan fingerprint density at radius 1 is 1.85 bits per heavy atom. The van der Waals surface area contributed by atoms with E-state index in [9.17, 15) is 4.79 Å². The van der Waals surface area contributed by atoms with Gasteiger partial charge in [0.15, 0.2) is 0 Å². The first kappa shape index (κ1) is 9.98. The van der Waals surface area contributed by atoms with Crippen LogP contribution < -0.4 is 0 Å². The Hall–Kier alpha value is -1.10. The first-order chi connectivity index (χ1) is 6.15. The third kappa shape index (κ3) is 2.42. The van der Waals surface area contributed by atoms with Gasteiger partial charge < -0.3 is 4.74 Å². The zero-order valence-electron chi connectivity index (χ0n) is 7.40. The smallest absolute Gasteiger partial charge is 0.330 e. The molecule has 5 nitrogen and oxygen atoms in total. The van der Waals surface area contributed by atoms with Crippen LogP contribution in [0.5, 0.6) is 0 Å². The van der Waals surface area contributed by atoms with Gasteiger partial charge in [0.05, 0.1) is 6.61 Å². The molecule has 6 heteroatoms. The van der Waals surface area contributed by atoms with Crippen LogP contribution in [-0.4, -0.2) is 27.3 Å². The van der Waals surface area contributed by atoms with Gasteiger partial charge in [0, 0.05) is 0 Å². The highest BCUT2D eigenvalue weighted by Gasteiger charge is 2.16. The zero-order chi connectivity index (χ0) is 9.84. The Kier molecular flexibility index (Phi) is 3.25. The lowest BCUT2D eigenvalue weighted by atomic mass is 10.3. The summed E-state index contributed by atoms with van der Waals surface area (Å²) in [5.74, 6) is -0.343. The average molecular weight is 204 g/mol. The van der Waals surface area contributed by atoms with Crippen LogP contribution in [0, 0.1) is 0 Å². The molecule has 0 spiro atoms. The summed E-state index contributed by atoms with van der Waals surface area (Å²) in [6.45, 7) is 3.77. The molecule has 13 heavy (non-hydrogen) atoms. The summed E-state index contributed by atoms with van der Waals surface area (Å²) in [6.07, 6.45) is 1.39. The number of hydrogen-bond donors (Lipinski definition) is 0. The molecular weight excluding hydrogens is 194 g/mol. The van der Waals surface area contributed by atoms with Crippen LogP contribution in [-0.2, 0) is 9.53 Å². The fourth-order valence-corrected chi connectivity index (χ4v) is 0.942. The average Bonchev–Trinajstić information content (AvgIpc) is 2.51. The van der Waals surface area contributed by atoms with Gasteiger partial charge in [-0.2, -0.15) is 0 Å². The first-order valence-electron chi connectivity index (χ1n) is 3.88. The van der Waals surface area contributed by atoms with Gasteiger partial charge in [-0.15, -0.1) is 5.10 Å². The summed E-state index contributed by atoms with van der Waals surface area (Å²) in [6, 6.07) is -0.486. The number of esters is 1. The number of aromatic nitrogens is 3. The van der Waals surface area contributed by atoms with Crippen molar-refractivity contribution >= 4 is 17.6 Å². The van der Waals surface area contributed by atoms with E-state index >= 15 is 0 Å². The van der Waals surface area contributed by atoms with Gasteiger partial charge in [-0.3, -0.25) is 0 Å². The summed E-state index contributed by atoms with van der Waals surface area (Å²) in [4.78, 5) is 14.9. The molecule has 0 aromatic carbocycles. The van der Waals surface area contributed by atoms with Crippen molar-refractivity contribution in [3.05, 3.63) is 11.6 Å². The van der Waals surface area contributed by atoms with Gasteiger partial charge in [-0.1, -0.05) is 0 Å². The lowest BCUT2D eigenvalue weighted by molar-refractivity contribution is -0.146. The number of rotatable bonds is 3. The molecule has 0 fully saturated rings. The lowest BCUT2D eigenvalue weighted by Crippen LogP contribution is -2.19. The number of halogens is 1. The van der Waals surface area contributed by atoms with Crippen molar-refractivity contribution in [2.45, 2.75) is 19.9 Å². The normalized spacial score (nSPS) is 12.5. The largest absolute Gasteiger partial charge is 0.464 e. The second-order valence-corrected chi connectivity index (χ2v) is 2.76. The maximum absolute atomic E-state index is 11.2. The molecule has 0 aliphatic carbocycles. The van der Waals surface area contributed by atoms with Crippen LogP contribution in [0.3, 0.4) is 0 Å². The van der Waals surface area contributed by atoms with E-state index in [0.717, 1.165) is 0 Å². The molecule has 1 atom stereocenters. The molecule has 0 amide bonds. The van der Waals surface area contributed by atoms with Gasteiger partial charge in [0.2, 0.25) is 5.28 Å². The third-order valence-corrected chi connectivity index (χ3v) is 1.68. The van der Waals surface area contributed by atoms with Crippen molar-refractivity contribution in [3.63, 3.8) is 0 Å². The van der Waals surface area contributed by atoms with Gasteiger partial charge in [0.25, 0.3) is 0 Å². The molecule has 0 saturated heterocycles. The molecule has 0 saturated carbocycles. The molecule has 1 heterocycles. The summed E-state index contributed by atoms with van der Waals surface area (Å²) >= 11 is 5.49. The second-order valence-electron chi connectivity index (χ2n) is 2.42. The Bertz CT molecular complexity index is 300. The minimum absolute atomic E-state index is 0.121. The van der Waals surface area contributed by atoms with Crippen molar-refractivity contribution in [1.82, 2.24) is 14.8 Å². The summed E-state index contributed by atoms with van der Waals surface area (Å²) < 4.78 is 6.16. The summed E-state index contributed by atoms with van der Waals surface area (Å²) in [5, 5.41) is 3.91. The molecule has 1 aromatic rings. The van der Waals surface area contributed by atoms with Gasteiger partial charge in [-0.25, -0.2) is 14.5 Å². The molecule has 72 valence electrons. The zero-order valence-corrected chi connectivity index (χ0v) is 8.15. The fourth-order valence-electron chi connectivity index (χ4n) is 0.811. The molecular formula is C7H10ClN3O2. The van der Waals surface area contributed by atoms with E-state index in [0.29, 0.717) is 6.61 Å². The van der Waals surface area contributed by atoms with E-state index in [1.807, 2.05) is 0 Å². The summed E-state index contributed by atoms with van der Waals surface area (Å²) in [5.41, 5.74) is 0. The number of carbonyl (C=O) groups excluding carboxylic acids is 1. The maximum atomic E-state index is 11.2. The Morgan fingerprint density at radius 3 is 3.00 bits per heavy atom. The van der Waals surface area contributed by atoms with Gasteiger partial charge >= 0.3 is 5.97 Å². The third-order valence-electron chi connectivity index (χ3n) is 1.51. The summed E-state index contributed by atoms with van der Waals surface area (Å²) in [7, 11) is 0. The Morgan fingerprint density at radius 2 is 2.54 bits per heavy atom. The molecule has 0 bridgehead atoms. The topological polar surface area (TPSA) is 57.0 Å². The van der Waals surface area contributed by atoms with E-state index in [1.54, 1.807) is 13.8 Å². The van der Waals surface area contributed by atoms with Crippen molar-refractivity contribution < 1.29 is 9.53 Å². The Labute approximate surface area is 80.7 Å². The minimum Gasteiger partial charge on any atom is -0.464 e. The van der Waals surface area contributed by atoms with Crippen LogP contribution in [0.1, 0.15) is 19.9 Å². The Balaban J connectivity index is 2.67. The van der Waals surface area contributed by atoms with Crippen molar-refractivity contribution in [2.75, 3.05) is 6.61 Å². The quantitative estimate of drug-likeness (QED) is 0.690. The number of hydrogen-bond acceptors (Lipinski definition) is 4. The van der Waals surface area contributed by atoms with Crippen molar-refractivity contribution in [3.8, 4) is 0 Å². The lowest BCUT2D eigenvalue weighted by Gasteiger charge is -2.09. The monoisotopic (exact) mass is 203 g/mol. The van der Waals surface area contributed by atoms with Crippen LogP contribution in [0.4, 0.5) is 0 Å². The maximum Gasteiger partial charge on any atom is 0.330 e. The standard InChI is InChI=1S/C7H10ClN3O2/c1-3-13-6(12)5(2)11-4-9-7(8)10-11/h4-5H,3H2,1-2H3/t5-/m0/s1. The molecule has 1 rings (SSSR count). The van der Waals surface area contributed by atoms with Crippen molar-refractivity contribution in [2.24, 2.45) is 0 Å². The van der Waals surface area contributed by atoms with Crippen LogP contribution in [0.2, 0.25) is 5.28 Å².